The molecule has 0 saturated heterocycles. The zero-order valence-corrected chi connectivity index (χ0v) is 15.5. The number of carbonyl (C=O) groups excluding carboxylic acids is 1. The first kappa shape index (κ1) is 16.8. The molecule has 5 nitrogen and oxygen atoms in total. The van der Waals surface area contributed by atoms with Crippen molar-refractivity contribution in [1.82, 2.24) is 0 Å². The van der Waals surface area contributed by atoms with Crippen LogP contribution in [0.1, 0.15) is 20.8 Å². The Kier molecular flexibility index (Phi) is 4.05. The van der Waals surface area contributed by atoms with Crippen LogP contribution in [-0.2, 0) is 21.2 Å². The Bertz CT molecular complexity index is 1120. The number of sulfonamides is 1. The summed E-state index contributed by atoms with van der Waals surface area (Å²) in [6.07, 6.45) is 0.771. The third kappa shape index (κ3) is 2.79. The topological polar surface area (TPSA) is 72.5 Å². The van der Waals surface area contributed by atoms with E-state index in [1.54, 1.807) is 11.4 Å². The summed E-state index contributed by atoms with van der Waals surface area (Å²) >= 11 is 1.04. The smallest absolute Gasteiger partial charge is 0.349 e. The molecular formula is C19H15NO4S2. The SMILES string of the molecule is COC(=O)c1sccc1S(=O)(=O)Nc1ccc2c(c1)Cc1ccccc1-2. The van der Waals surface area contributed by atoms with Crippen LogP contribution in [0.25, 0.3) is 11.1 Å². The molecule has 1 aliphatic rings. The molecule has 132 valence electrons. The Labute approximate surface area is 155 Å². The zero-order valence-electron chi connectivity index (χ0n) is 13.9. The van der Waals surface area contributed by atoms with Gasteiger partial charge in [0.15, 0.2) is 0 Å². The van der Waals surface area contributed by atoms with Gasteiger partial charge in [-0.25, -0.2) is 13.2 Å². The molecular weight excluding hydrogens is 370 g/mol. The monoisotopic (exact) mass is 385 g/mol. The van der Waals surface area contributed by atoms with E-state index in [9.17, 15) is 13.2 Å². The summed E-state index contributed by atoms with van der Waals surface area (Å²) in [4.78, 5) is 11.8. The number of esters is 1. The van der Waals surface area contributed by atoms with Crippen LogP contribution in [0.3, 0.4) is 0 Å². The van der Waals surface area contributed by atoms with Crippen molar-refractivity contribution in [2.45, 2.75) is 11.3 Å². The second-order valence-corrected chi connectivity index (χ2v) is 8.48. The number of thiophene rings is 1. The highest BCUT2D eigenvalue weighted by molar-refractivity contribution is 7.93. The van der Waals surface area contributed by atoms with Gasteiger partial charge in [0.25, 0.3) is 10.0 Å². The van der Waals surface area contributed by atoms with Gasteiger partial charge in [0.2, 0.25) is 0 Å². The number of ether oxygens (including phenoxy) is 1. The van der Waals surface area contributed by atoms with Crippen molar-refractivity contribution in [3.8, 4) is 11.1 Å². The van der Waals surface area contributed by atoms with E-state index in [4.69, 9.17) is 0 Å². The van der Waals surface area contributed by atoms with Crippen LogP contribution in [-0.4, -0.2) is 21.5 Å². The van der Waals surface area contributed by atoms with E-state index in [1.807, 2.05) is 24.3 Å². The van der Waals surface area contributed by atoms with Gasteiger partial charge in [0.1, 0.15) is 9.77 Å². The highest BCUT2D eigenvalue weighted by Crippen LogP contribution is 2.38. The van der Waals surface area contributed by atoms with E-state index in [0.717, 1.165) is 28.9 Å². The molecule has 0 fully saturated rings. The van der Waals surface area contributed by atoms with Crippen LogP contribution in [0.15, 0.2) is 58.8 Å². The van der Waals surface area contributed by atoms with E-state index in [-0.39, 0.29) is 9.77 Å². The first-order valence-corrected chi connectivity index (χ1v) is 10.3. The molecule has 1 heterocycles. The summed E-state index contributed by atoms with van der Waals surface area (Å²) in [6.45, 7) is 0. The van der Waals surface area contributed by atoms with Crippen molar-refractivity contribution in [3.63, 3.8) is 0 Å². The largest absolute Gasteiger partial charge is 0.465 e. The second-order valence-electron chi connectivity index (χ2n) is 5.92. The number of benzene rings is 2. The lowest BCUT2D eigenvalue weighted by Gasteiger charge is -2.10. The lowest BCUT2D eigenvalue weighted by Crippen LogP contribution is -2.15. The Morgan fingerprint density at radius 2 is 1.85 bits per heavy atom. The molecule has 0 amide bonds. The maximum Gasteiger partial charge on any atom is 0.349 e. The van der Waals surface area contributed by atoms with Crippen molar-refractivity contribution in [2.75, 3.05) is 11.8 Å². The van der Waals surface area contributed by atoms with Crippen LogP contribution in [0.5, 0.6) is 0 Å². The molecule has 26 heavy (non-hydrogen) atoms. The first-order chi connectivity index (χ1) is 12.5. The molecule has 1 N–H and O–H groups in total. The zero-order chi connectivity index (χ0) is 18.3. The molecule has 0 saturated carbocycles. The number of rotatable bonds is 4. The average molecular weight is 385 g/mol. The summed E-state index contributed by atoms with van der Waals surface area (Å²) in [5.74, 6) is -0.662. The fraction of sp³-hybridized carbons (Fsp3) is 0.105. The van der Waals surface area contributed by atoms with Gasteiger partial charge in [-0.3, -0.25) is 4.72 Å². The Balaban J connectivity index is 1.66. The minimum atomic E-state index is -3.88. The normalized spacial score (nSPS) is 12.3. The quantitative estimate of drug-likeness (QED) is 0.541. The molecule has 0 spiro atoms. The number of nitrogens with one attached hydrogen (secondary N) is 1. The molecule has 1 aliphatic carbocycles. The van der Waals surface area contributed by atoms with Crippen molar-refractivity contribution in [3.05, 3.63) is 69.9 Å². The fourth-order valence-corrected chi connectivity index (χ4v) is 5.55. The molecule has 7 heteroatoms. The van der Waals surface area contributed by atoms with E-state index < -0.39 is 16.0 Å². The van der Waals surface area contributed by atoms with Gasteiger partial charge < -0.3 is 4.74 Å². The number of hydrogen-bond acceptors (Lipinski definition) is 5. The van der Waals surface area contributed by atoms with Gasteiger partial charge in [-0.05, 0) is 52.3 Å². The highest BCUT2D eigenvalue weighted by Gasteiger charge is 2.25. The first-order valence-electron chi connectivity index (χ1n) is 7.89. The molecule has 0 radical (unpaired) electrons. The number of hydrogen-bond donors (Lipinski definition) is 1. The van der Waals surface area contributed by atoms with E-state index >= 15 is 0 Å². The van der Waals surface area contributed by atoms with Crippen molar-refractivity contribution in [2.24, 2.45) is 0 Å². The van der Waals surface area contributed by atoms with E-state index in [1.165, 1.54) is 24.3 Å². The maximum absolute atomic E-state index is 12.7. The van der Waals surface area contributed by atoms with Gasteiger partial charge >= 0.3 is 5.97 Å². The van der Waals surface area contributed by atoms with Crippen LogP contribution in [0.4, 0.5) is 5.69 Å². The number of fused-ring (bicyclic) bond motifs is 3. The average Bonchev–Trinajstić information content (AvgIpc) is 3.25. The standard InChI is InChI=1S/C19H15NO4S2/c1-24-19(21)18-17(8-9-25-18)26(22,23)20-14-6-7-16-13(11-14)10-12-4-2-3-5-15(12)16/h2-9,11,20H,10H2,1H3. The summed E-state index contributed by atoms with van der Waals surface area (Å²) in [5.41, 5.74) is 5.08. The molecule has 0 atom stereocenters. The molecule has 4 rings (SSSR count). The Hall–Kier alpha value is -2.64. The summed E-state index contributed by atoms with van der Waals surface area (Å²) in [7, 11) is -2.65. The molecule has 1 aromatic heterocycles. The van der Waals surface area contributed by atoms with E-state index in [0.29, 0.717) is 5.69 Å². The predicted molar refractivity (Wildman–Crippen MR) is 101 cm³/mol. The number of carbonyl (C=O) groups is 1. The summed E-state index contributed by atoms with van der Waals surface area (Å²) in [6, 6.07) is 15.1. The van der Waals surface area contributed by atoms with Gasteiger partial charge in [-0.1, -0.05) is 30.3 Å². The third-order valence-corrected chi connectivity index (χ3v) is 6.78. The van der Waals surface area contributed by atoms with Gasteiger partial charge in [0.05, 0.1) is 7.11 Å². The molecule has 0 bridgehead atoms. The van der Waals surface area contributed by atoms with Crippen molar-refractivity contribution >= 4 is 33.0 Å². The number of methoxy groups -OCH3 is 1. The molecule has 0 unspecified atom stereocenters. The second kappa shape index (κ2) is 6.26. The van der Waals surface area contributed by atoms with Crippen LogP contribution < -0.4 is 4.72 Å². The molecule has 2 aromatic carbocycles. The lowest BCUT2D eigenvalue weighted by molar-refractivity contribution is 0.0602. The van der Waals surface area contributed by atoms with Crippen molar-refractivity contribution < 1.29 is 17.9 Å². The van der Waals surface area contributed by atoms with E-state index in [2.05, 4.69) is 21.6 Å². The van der Waals surface area contributed by atoms with Crippen LogP contribution >= 0.6 is 11.3 Å². The molecule has 3 aromatic rings. The van der Waals surface area contributed by atoms with Gasteiger partial charge in [0, 0.05) is 5.69 Å². The van der Waals surface area contributed by atoms with Gasteiger partial charge in [-0.2, -0.15) is 0 Å². The van der Waals surface area contributed by atoms with Crippen LogP contribution in [0, 0.1) is 0 Å². The molecule has 0 aliphatic heterocycles. The Morgan fingerprint density at radius 3 is 2.65 bits per heavy atom. The minimum Gasteiger partial charge on any atom is -0.465 e. The summed E-state index contributed by atoms with van der Waals surface area (Å²) < 4.78 is 32.6. The summed E-state index contributed by atoms with van der Waals surface area (Å²) in [5, 5.41) is 1.56. The minimum absolute atomic E-state index is 0.0635. The predicted octanol–water partition coefficient (Wildman–Crippen LogP) is 3.91. The fourth-order valence-electron chi connectivity index (χ4n) is 3.17. The Morgan fingerprint density at radius 1 is 1.08 bits per heavy atom. The van der Waals surface area contributed by atoms with Gasteiger partial charge in [-0.15, -0.1) is 11.3 Å². The van der Waals surface area contributed by atoms with Crippen molar-refractivity contribution in [1.29, 1.82) is 0 Å². The highest BCUT2D eigenvalue weighted by atomic mass is 32.2. The third-order valence-electron chi connectivity index (χ3n) is 4.34. The van der Waals surface area contributed by atoms with Crippen LogP contribution in [0.2, 0.25) is 0 Å². The maximum atomic E-state index is 12.7. The number of anilines is 1. The lowest BCUT2D eigenvalue weighted by atomic mass is 10.1.